The molecular weight excluding hydrogens is 218 g/mol. The summed E-state index contributed by atoms with van der Waals surface area (Å²) in [5.74, 6) is 1.75. The van der Waals surface area contributed by atoms with Gasteiger partial charge in [-0.05, 0) is 24.6 Å². The Morgan fingerprint density at radius 1 is 1.41 bits per heavy atom. The molecule has 0 aliphatic heterocycles. The van der Waals surface area contributed by atoms with E-state index in [1.165, 1.54) is 0 Å². The Balaban J connectivity index is 2.01. The summed E-state index contributed by atoms with van der Waals surface area (Å²) in [5.41, 5.74) is 6.83. The average Bonchev–Trinajstić information content (AvgIpc) is 2.73. The maximum atomic E-state index is 5.80. The van der Waals surface area contributed by atoms with E-state index in [1.807, 2.05) is 31.2 Å². The summed E-state index contributed by atoms with van der Waals surface area (Å²) in [6.07, 6.45) is 0. The first kappa shape index (κ1) is 11.6. The molecule has 0 saturated heterocycles. The van der Waals surface area contributed by atoms with Crippen molar-refractivity contribution in [1.82, 2.24) is 10.2 Å². The number of aryl methyl sites for hydroxylation is 1. The van der Waals surface area contributed by atoms with Crippen LogP contribution in [0.15, 0.2) is 28.7 Å². The van der Waals surface area contributed by atoms with Gasteiger partial charge in [-0.15, -0.1) is 10.2 Å². The predicted molar refractivity (Wildman–Crippen MR) is 62.4 cm³/mol. The van der Waals surface area contributed by atoms with Gasteiger partial charge in [-0.2, -0.15) is 0 Å². The van der Waals surface area contributed by atoms with Crippen molar-refractivity contribution in [3.63, 3.8) is 0 Å². The molecule has 5 heteroatoms. The molecule has 2 N–H and O–H groups in total. The lowest BCUT2D eigenvalue weighted by Crippen LogP contribution is -2.05. The van der Waals surface area contributed by atoms with Crippen LogP contribution in [0, 0.1) is 6.92 Å². The molecule has 0 aliphatic rings. The van der Waals surface area contributed by atoms with Crippen LogP contribution in [-0.4, -0.2) is 10.2 Å². The molecule has 0 amide bonds. The Bertz CT molecular complexity index is 494. The van der Waals surface area contributed by atoms with Crippen molar-refractivity contribution in [1.29, 1.82) is 0 Å². The van der Waals surface area contributed by atoms with E-state index in [0.717, 1.165) is 11.3 Å². The van der Waals surface area contributed by atoms with Gasteiger partial charge in [0.05, 0.1) is 0 Å². The van der Waals surface area contributed by atoms with Gasteiger partial charge in [-0.1, -0.05) is 12.1 Å². The molecule has 1 atom stereocenters. The zero-order valence-electron chi connectivity index (χ0n) is 9.88. The standard InChI is InChI=1S/C12H15N3O2/c1-8(13)10-4-3-5-11(6-10)16-7-12-15-14-9(2)17-12/h3-6,8H,7,13H2,1-2H3. The summed E-state index contributed by atoms with van der Waals surface area (Å²) in [6, 6.07) is 7.65. The van der Waals surface area contributed by atoms with E-state index >= 15 is 0 Å². The van der Waals surface area contributed by atoms with Gasteiger partial charge in [0.1, 0.15) is 5.75 Å². The van der Waals surface area contributed by atoms with E-state index in [1.54, 1.807) is 6.92 Å². The van der Waals surface area contributed by atoms with Crippen molar-refractivity contribution in [2.24, 2.45) is 5.73 Å². The molecule has 0 saturated carbocycles. The Labute approximate surface area is 99.6 Å². The minimum atomic E-state index is -0.0100. The Morgan fingerprint density at radius 2 is 2.24 bits per heavy atom. The van der Waals surface area contributed by atoms with E-state index in [-0.39, 0.29) is 12.6 Å². The maximum Gasteiger partial charge on any atom is 0.253 e. The second kappa shape index (κ2) is 4.97. The van der Waals surface area contributed by atoms with Gasteiger partial charge in [0.15, 0.2) is 6.61 Å². The van der Waals surface area contributed by atoms with Crippen LogP contribution in [0.1, 0.15) is 30.3 Å². The third-order valence-electron chi connectivity index (χ3n) is 2.31. The second-order valence-electron chi connectivity index (χ2n) is 3.86. The largest absolute Gasteiger partial charge is 0.484 e. The highest BCUT2D eigenvalue weighted by Crippen LogP contribution is 2.18. The lowest BCUT2D eigenvalue weighted by Gasteiger charge is -2.08. The predicted octanol–water partition coefficient (Wildman–Crippen LogP) is 1.98. The third kappa shape index (κ3) is 3.04. The summed E-state index contributed by atoms with van der Waals surface area (Å²) < 4.78 is 10.8. The third-order valence-corrected chi connectivity index (χ3v) is 2.31. The summed E-state index contributed by atoms with van der Waals surface area (Å²) in [7, 11) is 0. The molecule has 0 aliphatic carbocycles. The van der Waals surface area contributed by atoms with Crippen LogP contribution >= 0.6 is 0 Å². The van der Waals surface area contributed by atoms with Crippen molar-refractivity contribution in [2.45, 2.75) is 26.5 Å². The van der Waals surface area contributed by atoms with E-state index < -0.39 is 0 Å². The lowest BCUT2D eigenvalue weighted by atomic mass is 10.1. The van der Waals surface area contributed by atoms with Crippen molar-refractivity contribution in [2.75, 3.05) is 0 Å². The van der Waals surface area contributed by atoms with Crippen LogP contribution in [0.5, 0.6) is 5.75 Å². The molecule has 90 valence electrons. The number of rotatable bonds is 4. The molecule has 2 rings (SSSR count). The number of nitrogens with zero attached hydrogens (tertiary/aromatic N) is 2. The SMILES string of the molecule is Cc1nnc(COc2cccc(C(C)N)c2)o1. The molecule has 2 aromatic rings. The minimum absolute atomic E-state index is 0.0100. The van der Waals surface area contributed by atoms with Gasteiger partial charge in [0, 0.05) is 13.0 Å². The lowest BCUT2D eigenvalue weighted by molar-refractivity contribution is 0.260. The first-order valence-electron chi connectivity index (χ1n) is 5.42. The van der Waals surface area contributed by atoms with Crippen LogP contribution in [0.2, 0.25) is 0 Å². The van der Waals surface area contributed by atoms with Crippen LogP contribution < -0.4 is 10.5 Å². The summed E-state index contributed by atoms with van der Waals surface area (Å²) in [6.45, 7) is 3.94. The number of ether oxygens (including phenoxy) is 1. The van der Waals surface area contributed by atoms with Gasteiger partial charge in [0.2, 0.25) is 5.89 Å². The van der Waals surface area contributed by atoms with Crippen LogP contribution in [0.4, 0.5) is 0 Å². The van der Waals surface area contributed by atoms with E-state index in [4.69, 9.17) is 14.9 Å². The van der Waals surface area contributed by atoms with Crippen LogP contribution in [0.3, 0.4) is 0 Å². The quantitative estimate of drug-likeness (QED) is 0.873. The number of benzene rings is 1. The summed E-state index contributed by atoms with van der Waals surface area (Å²) >= 11 is 0. The monoisotopic (exact) mass is 233 g/mol. The molecule has 1 aromatic heterocycles. The average molecular weight is 233 g/mol. The highest BCUT2D eigenvalue weighted by atomic mass is 16.5. The summed E-state index contributed by atoms with van der Waals surface area (Å²) in [5, 5.41) is 7.58. The topological polar surface area (TPSA) is 74.2 Å². The van der Waals surface area contributed by atoms with Crippen molar-refractivity contribution < 1.29 is 9.15 Å². The summed E-state index contributed by atoms with van der Waals surface area (Å²) in [4.78, 5) is 0. The van der Waals surface area contributed by atoms with Gasteiger partial charge in [0.25, 0.3) is 5.89 Å². The molecule has 0 radical (unpaired) electrons. The number of nitrogens with two attached hydrogens (primary N) is 1. The molecule has 1 heterocycles. The molecule has 0 fully saturated rings. The second-order valence-corrected chi connectivity index (χ2v) is 3.86. The fourth-order valence-electron chi connectivity index (χ4n) is 1.43. The Kier molecular flexibility index (Phi) is 3.39. The molecule has 0 spiro atoms. The molecule has 1 aromatic carbocycles. The normalized spacial score (nSPS) is 12.4. The zero-order valence-corrected chi connectivity index (χ0v) is 9.88. The first-order chi connectivity index (χ1) is 8.15. The van der Waals surface area contributed by atoms with Crippen LogP contribution in [-0.2, 0) is 6.61 Å². The molecule has 17 heavy (non-hydrogen) atoms. The fourth-order valence-corrected chi connectivity index (χ4v) is 1.43. The van der Waals surface area contributed by atoms with Crippen molar-refractivity contribution in [3.8, 4) is 5.75 Å². The van der Waals surface area contributed by atoms with Crippen molar-refractivity contribution >= 4 is 0 Å². The Morgan fingerprint density at radius 3 is 2.88 bits per heavy atom. The fraction of sp³-hybridized carbons (Fsp3) is 0.333. The van der Waals surface area contributed by atoms with Gasteiger partial charge in [-0.3, -0.25) is 0 Å². The van der Waals surface area contributed by atoms with Gasteiger partial charge in [-0.25, -0.2) is 0 Å². The van der Waals surface area contributed by atoms with Gasteiger partial charge >= 0.3 is 0 Å². The maximum absolute atomic E-state index is 5.80. The van der Waals surface area contributed by atoms with Gasteiger partial charge < -0.3 is 14.9 Å². The van der Waals surface area contributed by atoms with E-state index in [2.05, 4.69) is 10.2 Å². The number of hydrogen-bond acceptors (Lipinski definition) is 5. The highest BCUT2D eigenvalue weighted by Gasteiger charge is 2.05. The van der Waals surface area contributed by atoms with Crippen molar-refractivity contribution in [3.05, 3.63) is 41.6 Å². The number of aromatic nitrogens is 2. The zero-order chi connectivity index (χ0) is 12.3. The molecule has 1 unspecified atom stereocenters. The van der Waals surface area contributed by atoms with E-state index in [0.29, 0.717) is 11.8 Å². The van der Waals surface area contributed by atoms with E-state index in [9.17, 15) is 0 Å². The molecule has 5 nitrogen and oxygen atoms in total. The molecular formula is C12H15N3O2. The first-order valence-corrected chi connectivity index (χ1v) is 5.42. The highest BCUT2D eigenvalue weighted by molar-refractivity contribution is 5.30. The smallest absolute Gasteiger partial charge is 0.253 e. The molecule has 0 bridgehead atoms. The number of hydrogen-bond donors (Lipinski definition) is 1. The van der Waals surface area contributed by atoms with Crippen LogP contribution in [0.25, 0.3) is 0 Å². The Hall–Kier alpha value is -1.88. The minimum Gasteiger partial charge on any atom is -0.484 e.